The van der Waals surface area contributed by atoms with E-state index in [2.05, 4.69) is 38.1 Å². The van der Waals surface area contributed by atoms with Gasteiger partial charge in [-0.3, -0.25) is 0 Å². The van der Waals surface area contributed by atoms with Gasteiger partial charge in [0.2, 0.25) is 0 Å². The van der Waals surface area contributed by atoms with Crippen LogP contribution in [0.2, 0.25) is 0 Å². The monoisotopic (exact) mass is 207 g/mol. The Morgan fingerprint density at radius 2 is 2.14 bits per heavy atom. The predicted octanol–water partition coefficient (Wildman–Crippen LogP) is 3.00. The lowest BCUT2D eigenvalue weighted by atomic mass is 9.88. The van der Waals surface area contributed by atoms with Gasteiger partial charge in [0.15, 0.2) is 0 Å². The first-order valence-corrected chi connectivity index (χ1v) is 6.05. The van der Waals surface area contributed by atoms with Crippen molar-refractivity contribution in [3.05, 3.63) is 29.8 Å². The highest BCUT2D eigenvalue weighted by Gasteiger charge is 2.26. The van der Waals surface area contributed by atoms with Crippen molar-refractivity contribution in [1.29, 1.82) is 0 Å². The lowest BCUT2D eigenvalue weighted by Gasteiger charge is -2.23. The zero-order valence-electron chi connectivity index (χ0n) is 8.79. The van der Waals surface area contributed by atoms with Gasteiger partial charge in [-0.1, -0.05) is 18.2 Å². The summed E-state index contributed by atoms with van der Waals surface area (Å²) in [5, 5.41) is 0. The van der Waals surface area contributed by atoms with Crippen LogP contribution in [0.25, 0.3) is 0 Å². The topological polar surface area (TPSA) is 26.0 Å². The Balaban J connectivity index is 2.18. The van der Waals surface area contributed by atoms with E-state index in [1.165, 1.54) is 16.2 Å². The molecule has 0 saturated heterocycles. The first kappa shape index (κ1) is 10.1. The summed E-state index contributed by atoms with van der Waals surface area (Å²) in [6.07, 6.45) is 1.08. The molecule has 76 valence electrons. The molecule has 1 unspecified atom stereocenters. The number of benzene rings is 1. The summed E-state index contributed by atoms with van der Waals surface area (Å²) >= 11 is 1.96. The standard InChI is InChI=1S/C12H17NS/c1-12(2,13)7-9-8-14-11-6-4-3-5-10(9)11/h3-6,9H,7-8,13H2,1-2H3. The van der Waals surface area contributed by atoms with Gasteiger partial charge in [-0.25, -0.2) is 0 Å². The number of rotatable bonds is 2. The van der Waals surface area contributed by atoms with E-state index >= 15 is 0 Å². The summed E-state index contributed by atoms with van der Waals surface area (Å²) in [6.45, 7) is 4.22. The first-order chi connectivity index (χ1) is 6.56. The fraction of sp³-hybridized carbons (Fsp3) is 0.500. The zero-order valence-corrected chi connectivity index (χ0v) is 9.60. The van der Waals surface area contributed by atoms with Crippen LogP contribution in [0.1, 0.15) is 31.7 Å². The summed E-state index contributed by atoms with van der Waals surface area (Å²) < 4.78 is 0. The van der Waals surface area contributed by atoms with Crippen LogP contribution < -0.4 is 5.73 Å². The predicted molar refractivity (Wildman–Crippen MR) is 62.8 cm³/mol. The molecule has 1 heterocycles. The van der Waals surface area contributed by atoms with E-state index in [-0.39, 0.29) is 5.54 Å². The molecule has 0 amide bonds. The highest BCUT2D eigenvalue weighted by atomic mass is 32.2. The third-order valence-corrected chi connectivity index (χ3v) is 3.82. The molecule has 2 N–H and O–H groups in total. The van der Waals surface area contributed by atoms with Crippen LogP contribution >= 0.6 is 11.8 Å². The van der Waals surface area contributed by atoms with E-state index < -0.39 is 0 Å². The van der Waals surface area contributed by atoms with Gasteiger partial charge in [0.1, 0.15) is 0 Å². The van der Waals surface area contributed by atoms with Gasteiger partial charge in [-0.05, 0) is 37.8 Å². The molecule has 1 aromatic carbocycles. The van der Waals surface area contributed by atoms with Crippen LogP contribution in [-0.4, -0.2) is 11.3 Å². The lowest BCUT2D eigenvalue weighted by Crippen LogP contribution is -2.33. The molecular weight excluding hydrogens is 190 g/mol. The molecule has 1 nitrogen and oxygen atoms in total. The van der Waals surface area contributed by atoms with Gasteiger partial charge < -0.3 is 5.73 Å². The molecule has 0 aromatic heterocycles. The van der Waals surface area contributed by atoms with E-state index in [0.717, 1.165) is 6.42 Å². The Bertz CT molecular complexity index is 327. The minimum absolute atomic E-state index is 0.0529. The van der Waals surface area contributed by atoms with Gasteiger partial charge in [0.05, 0.1) is 0 Å². The normalized spacial score (nSPS) is 20.9. The Labute approximate surface area is 90.1 Å². The molecule has 0 bridgehead atoms. The Kier molecular flexibility index (Phi) is 2.58. The number of nitrogens with two attached hydrogens (primary N) is 1. The van der Waals surface area contributed by atoms with E-state index in [9.17, 15) is 0 Å². The quantitative estimate of drug-likeness (QED) is 0.806. The maximum atomic E-state index is 6.06. The average Bonchev–Trinajstić information content (AvgIpc) is 2.47. The molecule has 14 heavy (non-hydrogen) atoms. The summed E-state index contributed by atoms with van der Waals surface area (Å²) in [5.74, 6) is 1.84. The third kappa shape index (κ3) is 2.12. The summed E-state index contributed by atoms with van der Waals surface area (Å²) in [6, 6.07) is 8.69. The second-order valence-corrected chi connectivity index (χ2v) is 5.80. The largest absolute Gasteiger partial charge is 0.326 e. The Morgan fingerprint density at radius 1 is 1.43 bits per heavy atom. The van der Waals surface area contributed by atoms with Crippen molar-refractivity contribution >= 4 is 11.8 Å². The highest BCUT2D eigenvalue weighted by molar-refractivity contribution is 7.99. The van der Waals surface area contributed by atoms with Crippen molar-refractivity contribution < 1.29 is 0 Å². The second kappa shape index (κ2) is 3.59. The average molecular weight is 207 g/mol. The number of thioether (sulfide) groups is 1. The van der Waals surface area contributed by atoms with E-state index in [1.807, 2.05) is 11.8 Å². The lowest BCUT2D eigenvalue weighted by molar-refractivity contribution is 0.441. The molecular formula is C12H17NS. The molecule has 0 radical (unpaired) electrons. The maximum absolute atomic E-state index is 6.06. The van der Waals surface area contributed by atoms with E-state index in [1.54, 1.807) is 0 Å². The first-order valence-electron chi connectivity index (χ1n) is 5.07. The van der Waals surface area contributed by atoms with Gasteiger partial charge >= 0.3 is 0 Å². The molecule has 0 spiro atoms. The number of hydrogen-bond donors (Lipinski definition) is 1. The number of hydrogen-bond acceptors (Lipinski definition) is 2. The molecule has 0 saturated carbocycles. The van der Waals surface area contributed by atoms with Gasteiger partial charge in [-0.15, -0.1) is 11.8 Å². The highest BCUT2D eigenvalue weighted by Crippen LogP contribution is 2.42. The zero-order chi connectivity index (χ0) is 10.2. The minimum atomic E-state index is -0.0529. The molecule has 0 fully saturated rings. The molecule has 1 aliphatic rings. The molecule has 1 atom stereocenters. The van der Waals surface area contributed by atoms with Crippen molar-refractivity contribution in [2.45, 2.75) is 36.6 Å². The third-order valence-electron chi connectivity index (χ3n) is 2.57. The van der Waals surface area contributed by atoms with Gasteiger partial charge in [-0.2, -0.15) is 0 Å². The van der Waals surface area contributed by atoms with Crippen LogP contribution in [-0.2, 0) is 0 Å². The van der Waals surface area contributed by atoms with Crippen LogP contribution in [0.15, 0.2) is 29.2 Å². The van der Waals surface area contributed by atoms with E-state index in [4.69, 9.17) is 5.73 Å². The van der Waals surface area contributed by atoms with Crippen LogP contribution in [0, 0.1) is 0 Å². The summed E-state index contributed by atoms with van der Waals surface area (Å²) in [4.78, 5) is 1.45. The van der Waals surface area contributed by atoms with Crippen LogP contribution in [0.3, 0.4) is 0 Å². The maximum Gasteiger partial charge on any atom is 0.0107 e. The van der Waals surface area contributed by atoms with Crippen LogP contribution in [0.4, 0.5) is 0 Å². The fourth-order valence-electron chi connectivity index (χ4n) is 2.03. The molecule has 0 aliphatic carbocycles. The van der Waals surface area contributed by atoms with Crippen molar-refractivity contribution in [1.82, 2.24) is 0 Å². The minimum Gasteiger partial charge on any atom is -0.326 e. The molecule has 2 rings (SSSR count). The summed E-state index contributed by atoms with van der Waals surface area (Å²) in [7, 11) is 0. The SMILES string of the molecule is CC(C)(N)CC1CSc2ccccc21. The van der Waals surface area contributed by atoms with Crippen molar-refractivity contribution in [3.8, 4) is 0 Å². The summed E-state index contributed by atoms with van der Waals surface area (Å²) in [5.41, 5.74) is 7.51. The Hall–Kier alpha value is -0.470. The van der Waals surface area contributed by atoms with Crippen molar-refractivity contribution in [2.24, 2.45) is 5.73 Å². The second-order valence-electron chi connectivity index (χ2n) is 4.74. The number of fused-ring (bicyclic) bond motifs is 1. The van der Waals surface area contributed by atoms with Crippen molar-refractivity contribution in [2.75, 3.05) is 5.75 Å². The smallest absolute Gasteiger partial charge is 0.0107 e. The Morgan fingerprint density at radius 3 is 2.86 bits per heavy atom. The molecule has 1 aliphatic heterocycles. The van der Waals surface area contributed by atoms with Crippen LogP contribution in [0.5, 0.6) is 0 Å². The fourth-order valence-corrected chi connectivity index (χ4v) is 3.29. The van der Waals surface area contributed by atoms with Gasteiger partial charge in [0.25, 0.3) is 0 Å². The molecule has 1 aromatic rings. The van der Waals surface area contributed by atoms with Gasteiger partial charge in [0, 0.05) is 16.2 Å². The molecule has 2 heteroatoms. The van der Waals surface area contributed by atoms with E-state index in [0.29, 0.717) is 5.92 Å². The van der Waals surface area contributed by atoms with Crippen molar-refractivity contribution in [3.63, 3.8) is 0 Å².